The van der Waals surface area contributed by atoms with E-state index in [0.29, 0.717) is 49.3 Å². The highest BCUT2D eigenvalue weighted by molar-refractivity contribution is 6.74. The number of nitriles is 1. The maximum Gasteiger partial charge on any atom is 0.414 e. The molecule has 0 bridgehead atoms. The van der Waals surface area contributed by atoms with Crippen molar-refractivity contribution in [1.29, 1.82) is 5.26 Å². The summed E-state index contributed by atoms with van der Waals surface area (Å²) in [5, 5.41) is 18.4. The van der Waals surface area contributed by atoms with E-state index in [4.69, 9.17) is 18.9 Å². The average molecular weight is 675 g/mol. The quantitative estimate of drug-likeness (QED) is 0.253. The second-order valence-electron chi connectivity index (χ2n) is 15.4. The van der Waals surface area contributed by atoms with Crippen LogP contribution in [0, 0.1) is 11.3 Å². The highest BCUT2D eigenvalue weighted by Crippen LogP contribution is 2.47. The third-order valence-corrected chi connectivity index (χ3v) is 13.9. The number of nitrogens with one attached hydrogen (secondary N) is 1. The SMILES string of the molecule is CCn1ncc(Nc2nccc(-c3cc(C#N)c4c(c3)[C@@](C)(CO[Si](C)(C)C(C)(C)C)CN4C(=O)OC(C)(C)C)n2)c1N1CCOCC1. The number of carbonyl (C=O) groups is 1. The van der Waals surface area contributed by atoms with E-state index in [9.17, 15) is 10.1 Å². The number of hydrogen-bond acceptors (Lipinski definition) is 10. The number of carbonyl (C=O) groups excluding carboxylic acids is 1. The number of aryl methyl sites for hydroxylation is 1. The number of anilines is 4. The van der Waals surface area contributed by atoms with E-state index < -0.39 is 25.4 Å². The van der Waals surface area contributed by atoms with Gasteiger partial charge in [0.05, 0.1) is 36.4 Å². The zero-order valence-electron chi connectivity index (χ0n) is 30.1. The molecule has 4 heterocycles. The summed E-state index contributed by atoms with van der Waals surface area (Å²) in [5.41, 5.74) is 2.70. The predicted molar refractivity (Wildman–Crippen MR) is 190 cm³/mol. The van der Waals surface area contributed by atoms with Crippen molar-refractivity contribution < 1.29 is 18.7 Å². The predicted octanol–water partition coefficient (Wildman–Crippen LogP) is 6.85. The Morgan fingerprint density at radius 1 is 1.17 bits per heavy atom. The van der Waals surface area contributed by atoms with E-state index in [1.165, 1.54) is 0 Å². The Morgan fingerprint density at radius 2 is 1.88 bits per heavy atom. The number of morpholine rings is 1. The largest absolute Gasteiger partial charge is 0.443 e. The number of nitrogens with zero attached hydrogens (tertiary/aromatic N) is 7. The van der Waals surface area contributed by atoms with E-state index in [1.54, 1.807) is 23.4 Å². The van der Waals surface area contributed by atoms with Gasteiger partial charge < -0.3 is 24.1 Å². The zero-order chi connectivity index (χ0) is 35.1. The van der Waals surface area contributed by atoms with Gasteiger partial charge in [-0.1, -0.05) is 27.7 Å². The number of benzene rings is 1. The number of amides is 1. The number of aromatic nitrogens is 4. The van der Waals surface area contributed by atoms with Crippen molar-refractivity contribution in [3.05, 3.63) is 41.7 Å². The molecular formula is C35H50N8O4Si. The van der Waals surface area contributed by atoms with Crippen LogP contribution in [0.25, 0.3) is 11.3 Å². The Morgan fingerprint density at radius 3 is 2.50 bits per heavy atom. The van der Waals surface area contributed by atoms with Crippen LogP contribution in [0.4, 0.5) is 27.9 Å². The van der Waals surface area contributed by atoms with Crippen molar-refractivity contribution in [1.82, 2.24) is 19.7 Å². The molecule has 1 fully saturated rings. The van der Waals surface area contributed by atoms with Crippen LogP contribution in [0.1, 0.15) is 66.5 Å². The molecule has 13 heteroatoms. The molecule has 0 spiro atoms. The van der Waals surface area contributed by atoms with Crippen molar-refractivity contribution in [2.45, 2.75) is 91.1 Å². The Balaban J connectivity index is 1.54. The van der Waals surface area contributed by atoms with Gasteiger partial charge in [-0.15, -0.1) is 0 Å². The molecule has 2 aliphatic heterocycles. The Labute approximate surface area is 285 Å². The van der Waals surface area contributed by atoms with E-state index in [-0.39, 0.29) is 5.04 Å². The summed E-state index contributed by atoms with van der Waals surface area (Å²) in [6.07, 6.45) is 3.02. The topological polar surface area (TPSA) is 131 Å². The maximum atomic E-state index is 13.6. The van der Waals surface area contributed by atoms with Gasteiger partial charge >= 0.3 is 6.09 Å². The third kappa shape index (κ3) is 7.21. The second-order valence-corrected chi connectivity index (χ2v) is 20.2. The Hall–Kier alpha value is -3.99. The van der Waals surface area contributed by atoms with Crippen molar-refractivity contribution in [3.8, 4) is 17.3 Å². The van der Waals surface area contributed by atoms with Gasteiger partial charge in [0.25, 0.3) is 0 Å². The van der Waals surface area contributed by atoms with Crippen LogP contribution in [-0.2, 0) is 25.9 Å². The van der Waals surface area contributed by atoms with Crippen LogP contribution in [0.5, 0.6) is 0 Å². The van der Waals surface area contributed by atoms with Gasteiger partial charge in [-0.05, 0) is 69.6 Å². The first kappa shape index (κ1) is 35.3. The van der Waals surface area contributed by atoms with E-state index in [1.807, 2.05) is 37.6 Å². The molecule has 1 amide bonds. The number of hydrogen-bond donors (Lipinski definition) is 1. The summed E-state index contributed by atoms with van der Waals surface area (Å²) in [6, 6.07) is 8.02. The lowest BCUT2D eigenvalue weighted by atomic mass is 9.83. The summed E-state index contributed by atoms with van der Waals surface area (Å²) in [6.45, 7) is 25.1. The lowest BCUT2D eigenvalue weighted by Crippen LogP contribution is -2.46. The molecule has 1 atom stereocenters. The monoisotopic (exact) mass is 674 g/mol. The number of rotatable bonds is 8. The molecule has 258 valence electrons. The van der Waals surface area contributed by atoms with Gasteiger partial charge in [0.2, 0.25) is 5.95 Å². The molecule has 48 heavy (non-hydrogen) atoms. The fourth-order valence-electron chi connectivity index (χ4n) is 5.79. The van der Waals surface area contributed by atoms with Crippen molar-refractivity contribution >= 4 is 37.6 Å². The van der Waals surface area contributed by atoms with Crippen LogP contribution in [0.2, 0.25) is 18.1 Å². The van der Waals surface area contributed by atoms with E-state index in [0.717, 1.165) is 42.3 Å². The van der Waals surface area contributed by atoms with Gasteiger partial charge in [0.15, 0.2) is 14.1 Å². The first-order valence-corrected chi connectivity index (χ1v) is 19.6. The highest BCUT2D eigenvalue weighted by atomic mass is 28.4. The van der Waals surface area contributed by atoms with E-state index in [2.05, 4.69) is 74.1 Å². The normalized spacial score (nSPS) is 18.4. The molecule has 1 saturated heterocycles. The molecular weight excluding hydrogens is 625 g/mol. The zero-order valence-corrected chi connectivity index (χ0v) is 31.1. The Bertz CT molecular complexity index is 1700. The molecule has 0 saturated carbocycles. The second kappa shape index (κ2) is 13.1. The Kier molecular flexibility index (Phi) is 9.67. The van der Waals surface area contributed by atoms with Gasteiger partial charge in [-0.25, -0.2) is 19.4 Å². The summed E-state index contributed by atoms with van der Waals surface area (Å²) in [7, 11) is -2.14. The molecule has 5 rings (SSSR count). The van der Waals surface area contributed by atoms with Crippen LogP contribution in [0.15, 0.2) is 30.6 Å². The van der Waals surface area contributed by atoms with Crippen LogP contribution in [-0.4, -0.2) is 79.2 Å². The minimum absolute atomic E-state index is 0.00887. The van der Waals surface area contributed by atoms with E-state index >= 15 is 0 Å². The molecule has 2 aromatic heterocycles. The first-order valence-electron chi connectivity index (χ1n) is 16.7. The molecule has 12 nitrogen and oxygen atoms in total. The van der Waals surface area contributed by atoms with Crippen LogP contribution >= 0.6 is 0 Å². The fraction of sp³-hybridized carbons (Fsp3) is 0.571. The lowest BCUT2D eigenvalue weighted by molar-refractivity contribution is 0.0575. The minimum Gasteiger partial charge on any atom is -0.443 e. The third-order valence-electron chi connectivity index (χ3n) is 9.45. The summed E-state index contributed by atoms with van der Waals surface area (Å²) in [4.78, 5) is 26.9. The molecule has 2 aliphatic rings. The van der Waals surface area contributed by atoms with Gasteiger partial charge in [-0.2, -0.15) is 10.4 Å². The maximum absolute atomic E-state index is 13.6. The van der Waals surface area contributed by atoms with Gasteiger partial charge in [0.1, 0.15) is 17.4 Å². The number of fused-ring (bicyclic) bond motifs is 1. The standard InChI is InChI=1S/C35H50N8O4Si/c1-11-43-30(41-14-16-45-17-15-41)28(21-38-43)40-31-37-13-12-27(39-31)24-18-25(20-36)29-26(19-24)35(8,23-46-48(9,10)34(5,6)7)22-42(29)32(44)47-33(2,3)4/h12-13,18-19,21H,11,14-17,22-23H2,1-10H3,(H,37,39,40)/t35-/m1/s1. The fourth-order valence-corrected chi connectivity index (χ4v) is 6.90. The molecule has 1 aromatic carbocycles. The number of ether oxygens (including phenoxy) is 2. The molecule has 0 unspecified atom stereocenters. The summed E-state index contributed by atoms with van der Waals surface area (Å²) < 4.78 is 20.1. The van der Waals surface area contributed by atoms with Crippen LogP contribution < -0.4 is 15.1 Å². The van der Waals surface area contributed by atoms with Crippen molar-refractivity contribution in [3.63, 3.8) is 0 Å². The minimum atomic E-state index is -2.14. The van der Waals surface area contributed by atoms with Crippen molar-refractivity contribution in [2.75, 3.05) is 54.6 Å². The first-order chi connectivity index (χ1) is 22.5. The average Bonchev–Trinajstić information content (AvgIpc) is 3.57. The molecule has 1 N–H and O–H groups in total. The molecule has 3 aromatic rings. The molecule has 0 aliphatic carbocycles. The highest BCUT2D eigenvalue weighted by Gasteiger charge is 2.47. The van der Waals surface area contributed by atoms with Gasteiger partial charge in [0, 0.05) is 50.0 Å². The van der Waals surface area contributed by atoms with Crippen LogP contribution in [0.3, 0.4) is 0 Å². The molecule has 0 radical (unpaired) electrons. The summed E-state index contributed by atoms with van der Waals surface area (Å²) in [5.74, 6) is 1.38. The van der Waals surface area contributed by atoms with Gasteiger partial charge in [-0.3, -0.25) is 4.90 Å². The van der Waals surface area contributed by atoms with Crippen molar-refractivity contribution in [2.24, 2.45) is 0 Å². The summed E-state index contributed by atoms with van der Waals surface area (Å²) >= 11 is 0. The smallest absolute Gasteiger partial charge is 0.414 e. The lowest BCUT2D eigenvalue weighted by Gasteiger charge is -2.39.